The predicted molar refractivity (Wildman–Crippen MR) is 62.0 cm³/mol. The lowest BCUT2D eigenvalue weighted by molar-refractivity contribution is 0.411. The minimum atomic E-state index is -0.236. The summed E-state index contributed by atoms with van der Waals surface area (Å²) in [5.41, 5.74) is 1.17. The lowest BCUT2D eigenvalue weighted by atomic mass is 10.1. The Morgan fingerprint density at radius 2 is 2.07 bits per heavy atom. The first-order chi connectivity index (χ1) is 7.11. The molecule has 0 aromatic heterocycles. The van der Waals surface area contributed by atoms with E-state index >= 15 is 0 Å². The van der Waals surface area contributed by atoms with Gasteiger partial charge in [-0.3, -0.25) is 0 Å². The SMILES string of the molecule is C=C(NCCN(C)C)c1ccccc1F. The quantitative estimate of drug-likeness (QED) is 0.795. The monoisotopic (exact) mass is 208 g/mol. The largest absolute Gasteiger partial charge is 0.384 e. The molecular weight excluding hydrogens is 191 g/mol. The van der Waals surface area contributed by atoms with Crippen molar-refractivity contribution in [3.05, 3.63) is 42.2 Å². The highest BCUT2D eigenvalue weighted by molar-refractivity contribution is 5.61. The maximum absolute atomic E-state index is 13.3. The van der Waals surface area contributed by atoms with Gasteiger partial charge in [-0.15, -0.1) is 0 Å². The Bertz CT molecular complexity index is 334. The average molecular weight is 208 g/mol. The maximum Gasteiger partial charge on any atom is 0.132 e. The summed E-state index contributed by atoms with van der Waals surface area (Å²) in [7, 11) is 3.99. The normalized spacial score (nSPS) is 10.4. The Labute approximate surface area is 90.4 Å². The zero-order valence-corrected chi connectivity index (χ0v) is 9.26. The van der Waals surface area contributed by atoms with E-state index in [1.807, 2.05) is 14.1 Å². The number of halogens is 1. The standard InChI is InChI=1S/C12H17FN2/c1-10(14-8-9-15(2)3)11-6-4-5-7-12(11)13/h4-7,14H,1,8-9H2,2-3H3. The highest BCUT2D eigenvalue weighted by atomic mass is 19.1. The average Bonchev–Trinajstić information content (AvgIpc) is 2.17. The van der Waals surface area contributed by atoms with Crippen molar-refractivity contribution in [1.29, 1.82) is 0 Å². The Balaban J connectivity index is 2.51. The molecule has 0 spiro atoms. The second-order valence-corrected chi connectivity index (χ2v) is 3.69. The van der Waals surface area contributed by atoms with Gasteiger partial charge in [0.25, 0.3) is 0 Å². The minimum Gasteiger partial charge on any atom is -0.384 e. The third kappa shape index (κ3) is 3.72. The second kappa shape index (κ2) is 5.51. The van der Waals surface area contributed by atoms with E-state index < -0.39 is 0 Å². The molecule has 0 unspecified atom stereocenters. The first-order valence-corrected chi connectivity index (χ1v) is 4.93. The molecule has 0 bridgehead atoms. The summed E-state index contributed by atoms with van der Waals surface area (Å²) in [6, 6.07) is 6.64. The van der Waals surface area contributed by atoms with E-state index in [0.29, 0.717) is 11.3 Å². The van der Waals surface area contributed by atoms with Crippen LogP contribution >= 0.6 is 0 Å². The van der Waals surface area contributed by atoms with Gasteiger partial charge in [0.2, 0.25) is 0 Å². The zero-order valence-electron chi connectivity index (χ0n) is 9.26. The molecule has 1 aromatic rings. The molecule has 0 saturated carbocycles. The van der Waals surface area contributed by atoms with Crippen molar-refractivity contribution in [2.24, 2.45) is 0 Å². The van der Waals surface area contributed by atoms with Gasteiger partial charge >= 0.3 is 0 Å². The third-order valence-electron chi connectivity index (χ3n) is 2.10. The number of nitrogens with zero attached hydrogens (tertiary/aromatic N) is 1. The highest BCUT2D eigenvalue weighted by Gasteiger charge is 2.03. The van der Waals surface area contributed by atoms with Crippen molar-refractivity contribution in [2.45, 2.75) is 0 Å². The van der Waals surface area contributed by atoms with Gasteiger partial charge in [0, 0.05) is 24.4 Å². The maximum atomic E-state index is 13.3. The molecule has 1 N–H and O–H groups in total. The number of hydrogen-bond donors (Lipinski definition) is 1. The van der Waals surface area contributed by atoms with E-state index in [0.717, 1.165) is 13.1 Å². The fraction of sp³-hybridized carbons (Fsp3) is 0.333. The van der Waals surface area contributed by atoms with Crippen LogP contribution < -0.4 is 5.32 Å². The molecule has 0 atom stereocenters. The molecule has 1 aromatic carbocycles. The fourth-order valence-electron chi connectivity index (χ4n) is 1.23. The van der Waals surface area contributed by atoms with Crippen LogP contribution in [0.25, 0.3) is 5.70 Å². The lowest BCUT2D eigenvalue weighted by Crippen LogP contribution is -2.25. The molecule has 82 valence electrons. The number of nitrogens with one attached hydrogen (secondary N) is 1. The topological polar surface area (TPSA) is 15.3 Å². The van der Waals surface area contributed by atoms with Crippen LogP contribution in [0.1, 0.15) is 5.56 Å². The van der Waals surface area contributed by atoms with Gasteiger partial charge in [0.05, 0.1) is 0 Å². The minimum absolute atomic E-state index is 0.236. The molecule has 0 heterocycles. The van der Waals surface area contributed by atoms with Crippen molar-refractivity contribution in [2.75, 3.05) is 27.2 Å². The van der Waals surface area contributed by atoms with Crippen LogP contribution in [0.2, 0.25) is 0 Å². The smallest absolute Gasteiger partial charge is 0.132 e. The van der Waals surface area contributed by atoms with Gasteiger partial charge in [0.1, 0.15) is 5.82 Å². The molecule has 0 amide bonds. The van der Waals surface area contributed by atoms with Crippen molar-refractivity contribution in [1.82, 2.24) is 10.2 Å². The molecule has 2 nitrogen and oxygen atoms in total. The summed E-state index contributed by atoms with van der Waals surface area (Å²) in [5, 5.41) is 3.09. The molecule has 15 heavy (non-hydrogen) atoms. The van der Waals surface area contributed by atoms with Crippen LogP contribution in [-0.2, 0) is 0 Å². The van der Waals surface area contributed by atoms with Crippen molar-refractivity contribution >= 4 is 5.70 Å². The zero-order chi connectivity index (χ0) is 11.3. The van der Waals surface area contributed by atoms with E-state index in [9.17, 15) is 4.39 Å². The Morgan fingerprint density at radius 1 is 1.40 bits per heavy atom. The summed E-state index contributed by atoms with van der Waals surface area (Å²) in [5.74, 6) is -0.236. The van der Waals surface area contributed by atoms with Crippen molar-refractivity contribution in [3.63, 3.8) is 0 Å². The van der Waals surface area contributed by atoms with E-state index in [1.54, 1.807) is 18.2 Å². The molecule has 0 radical (unpaired) electrons. The fourth-order valence-corrected chi connectivity index (χ4v) is 1.23. The Morgan fingerprint density at radius 3 is 2.67 bits per heavy atom. The molecule has 0 aliphatic carbocycles. The first kappa shape index (κ1) is 11.7. The molecule has 0 saturated heterocycles. The van der Waals surface area contributed by atoms with E-state index in [-0.39, 0.29) is 5.82 Å². The number of likely N-dealkylation sites (N-methyl/N-ethyl adjacent to an activating group) is 1. The summed E-state index contributed by atoms with van der Waals surface area (Å²) in [6.07, 6.45) is 0. The molecule has 0 aliphatic rings. The summed E-state index contributed by atoms with van der Waals surface area (Å²) < 4.78 is 13.3. The summed E-state index contributed by atoms with van der Waals surface area (Å²) in [6.45, 7) is 5.47. The van der Waals surface area contributed by atoms with Crippen molar-refractivity contribution < 1.29 is 4.39 Å². The second-order valence-electron chi connectivity index (χ2n) is 3.69. The van der Waals surface area contributed by atoms with Crippen LogP contribution in [-0.4, -0.2) is 32.1 Å². The summed E-state index contributed by atoms with van der Waals surface area (Å²) >= 11 is 0. The van der Waals surface area contributed by atoms with Crippen LogP contribution in [0, 0.1) is 5.82 Å². The Hall–Kier alpha value is -1.35. The van der Waals surface area contributed by atoms with Crippen LogP contribution in [0.5, 0.6) is 0 Å². The third-order valence-corrected chi connectivity index (χ3v) is 2.10. The van der Waals surface area contributed by atoms with Crippen LogP contribution in [0.15, 0.2) is 30.8 Å². The number of benzene rings is 1. The number of rotatable bonds is 5. The predicted octanol–water partition coefficient (Wildman–Crippen LogP) is 1.95. The number of hydrogen-bond acceptors (Lipinski definition) is 2. The van der Waals surface area contributed by atoms with Gasteiger partial charge in [-0.2, -0.15) is 0 Å². The van der Waals surface area contributed by atoms with Gasteiger partial charge in [-0.05, 0) is 26.2 Å². The van der Waals surface area contributed by atoms with Crippen LogP contribution in [0.4, 0.5) is 4.39 Å². The first-order valence-electron chi connectivity index (χ1n) is 4.93. The molecule has 0 fully saturated rings. The van der Waals surface area contributed by atoms with Crippen LogP contribution in [0.3, 0.4) is 0 Å². The molecule has 3 heteroatoms. The molecule has 1 rings (SSSR count). The van der Waals surface area contributed by atoms with Gasteiger partial charge in [0.15, 0.2) is 0 Å². The van der Waals surface area contributed by atoms with Gasteiger partial charge in [-0.1, -0.05) is 18.7 Å². The molecule has 0 aliphatic heterocycles. The van der Waals surface area contributed by atoms with E-state index in [2.05, 4.69) is 16.8 Å². The van der Waals surface area contributed by atoms with Crippen molar-refractivity contribution in [3.8, 4) is 0 Å². The highest BCUT2D eigenvalue weighted by Crippen LogP contribution is 2.13. The van der Waals surface area contributed by atoms with E-state index in [1.165, 1.54) is 6.07 Å². The van der Waals surface area contributed by atoms with E-state index in [4.69, 9.17) is 0 Å². The van der Waals surface area contributed by atoms with Gasteiger partial charge < -0.3 is 10.2 Å². The van der Waals surface area contributed by atoms with Gasteiger partial charge in [-0.25, -0.2) is 4.39 Å². The Kier molecular flexibility index (Phi) is 4.31. The summed E-state index contributed by atoms with van der Waals surface area (Å²) in [4.78, 5) is 2.06. The lowest BCUT2D eigenvalue weighted by Gasteiger charge is -2.13. The molecular formula is C12H17FN2.